The summed E-state index contributed by atoms with van der Waals surface area (Å²) < 4.78 is 0. The topological polar surface area (TPSA) is 0 Å². The molecule has 0 nitrogen and oxygen atoms in total. The lowest BCUT2D eigenvalue weighted by Gasteiger charge is -2.65. The predicted molar refractivity (Wildman–Crippen MR) is 113 cm³/mol. The molecule has 0 aromatic heterocycles. The smallest absolute Gasteiger partial charge is 0.0346 e. The van der Waals surface area contributed by atoms with Gasteiger partial charge < -0.3 is 0 Å². The summed E-state index contributed by atoms with van der Waals surface area (Å²) in [7, 11) is -4.39. The van der Waals surface area contributed by atoms with Crippen LogP contribution in [0.4, 0.5) is 0 Å². The summed E-state index contributed by atoms with van der Waals surface area (Å²) in [6, 6.07) is 1.58. The molecular weight excluding hydrogens is 321 g/mol. The van der Waals surface area contributed by atoms with Gasteiger partial charge in [-0.15, -0.1) is 0 Å². The molecule has 0 aromatic carbocycles. The van der Waals surface area contributed by atoms with Crippen LogP contribution >= 0.6 is 0 Å². The van der Waals surface area contributed by atoms with E-state index in [0.717, 1.165) is 5.92 Å². The van der Waals surface area contributed by atoms with E-state index in [0.29, 0.717) is 0 Å². The highest BCUT2D eigenvalue weighted by Crippen LogP contribution is 2.45. The van der Waals surface area contributed by atoms with Gasteiger partial charge >= 0.3 is 0 Å². The van der Waals surface area contributed by atoms with E-state index in [-0.39, 0.29) is 0 Å². The molecule has 122 valence electrons. The summed E-state index contributed by atoms with van der Waals surface area (Å²) >= 11 is 0. The van der Waals surface area contributed by atoms with Crippen molar-refractivity contribution in [2.45, 2.75) is 91.9 Å². The molecule has 0 fully saturated rings. The van der Waals surface area contributed by atoms with E-state index in [1.54, 1.807) is 6.04 Å². The summed E-state index contributed by atoms with van der Waals surface area (Å²) in [5.41, 5.74) is 0. The molecule has 0 saturated carbocycles. The van der Waals surface area contributed by atoms with Crippen LogP contribution in [-0.2, 0) is 0 Å². The van der Waals surface area contributed by atoms with Crippen LogP contribution in [0.3, 0.4) is 0 Å². The zero-order valence-electron chi connectivity index (χ0n) is 16.8. The molecule has 0 radical (unpaired) electrons. The third-order valence-corrected chi connectivity index (χ3v) is 122. The zero-order valence-corrected chi connectivity index (χ0v) is 21.8. The van der Waals surface area contributed by atoms with E-state index in [1.165, 1.54) is 0 Å². The molecule has 0 aliphatic heterocycles. The van der Waals surface area contributed by atoms with Crippen LogP contribution in [0, 0.1) is 5.92 Å². The molecule has 5 heteroatoms. The lowest BCUT2D eigenvalue weighted by atomic mass is 10.3. The Kier molecular flexibility index (Phi) is 6.26. The van der Waals surface area contributed by atoms with Crippen LogP contribution in [0.15, 0.2) is 0 Å². The van der Waals surface area contributed by atoms with Gasteiger partial charge in [0.05, 0.1) is 0 Å². The minimum Gasteiger partial charge on any atom is -0.0720 e. The third-order valence-electron chi connectivity index (χ3n) is 5.31. The van der Waals surface area contributed by atoms with Crippen LogP contribution in [-0.4, -0.2) is 36.5 Å². The zero-order chi connectivity index (χ0) is 16.8. The first-order chi connectivity index (χ1) is 8.42. The molecule has 0 rings (SSSR count). The molecular formula is C15H42Si5. The summed E-state index contributed by atoms with van der Waals surface area (Å²) in [6.45, 7) is 35.3. The normalized spacial score (nSPS) is 15.9. The van der Waals surface area contributed by atoms with Crippen LogP contribution in [0.25, 0.3) is 0 Å². The number of hydrogen-bond acceptors (Lipinski definition) is 0. The van der Waals surface area contributed by atoms with E-state index in [2.05, 4.69) is 85.9 Å². The van der Waals surface area contributed by atoms with Gasteiger partial charge in [-0.3, -0.25) is 0 Å². The van der Waals surface area contributed by atoms with Gasteiger partial charge in [0.1, 0.15) is 0 Å². The fraction of sp³-hybridized carbons (Fsp3) is 1.00. The fourth-order valence-electron chi connectivity index (χ4n) is 7.59. The monoisotopic (exact) mass is 362 g/mol. The standard InChI is InChI=1S/C15H42Si5/c1-15(2)14-19(12,13)20(16(3,4)5,17(6,7)8)18(9,10)11/h15H,14H2,1-13H3. The van der Waals surface area contributed by atoms with Crippen molar-refractivity contribution in [1.82, 2.24) is 0 Å². The Morgan fingerprint density at radius 1 is 0.550 bits per heavy atom. The quantitative estimate of drug-likeness (QED) is 0.499. The van der Waals surface area contributed by atoms with Crippen molar-refractivity contribution >= 4 is 36.5 Å². The van der Waals surface area contributed by atoms with Crippen molar-refractivity contribution in [3.63, 3.8) is 0 Å². The van der Waals surface area contributed by atoms with Crippen molar-refractivity contribution in [1.29, 1.82) is 0 Å². The summed E-state index contributed by atoms with van der Waals surface area (Å²) in [5.74, 6) is 0.896. The first kappa shape index (κ1) is 21.1. The molecule has 0 aromatic rings. The molecule has 0 atom stereocenters. The van der Waals surface area contributed by atoms with Crippen molar-refractivity contribution in [2.75, 3.05) is 0 Å². The van der Waals surface area contributed by atoms with Gasteiger partial charge in [0, 0.05) is 36.5 Å². The molecule has 0 spiro atoms. The van der Waals surface area contributed by atoms with Crippen molar-refractivity contribution in [3.05, 3.63) is 0 Å². The Bertz CT molecular complexity index is 290. The largest absolute Gasteiger partial charge is 0.0720 e. The van der Waals surface area contributed by atoms with Gasteiger partial charge in [0.25, 0.3) is 0 Å². The fourth-order valence-corrected chi connectivity index (χ4v) is 182. The van der Waals surface area contributed by atoms with Crippen molar-refractivity contribution in [3.8, 4) is 0 Å². The number of rotatable bonds is 6. The minimum atomic E-state index is -1.14. The van der Waals surface area contributed by atoms with E-state index < -0.39 is 36.5 Å². The Hall–Kier alpha value is 1.08. The Morgan fingerprint density at radius 2 is 0.800 bits per heavy atom. The molecule has 0 aliphatic carbocycles. The second kappa shape index (κ2) is 5.94. The van der Waals surface area contributed by atoms with Gasteiger partial charge in [-0.25, -0.2) is 0 Å². The Morgan fingerprint density at radius 3 is 0.950 bits per heavy atom. The molecule has 0 bridgehead atoms. The van der Waals surface area contributed by atoms with Crippen LogP contribution in [0.2, 0.25) is 78.1 Å². The predicted octanol–water partition coefficient (Wildman–Crippen LogP) is 6.13. The Balaban J connectivity index is 6.48. The molecule has 0 N–H and O–H groups in total. The van der Waals surface area contributed by atoms with E-state index in [4.69, 9.17) is 0 Å². The molecule has 0 aliphatic rings. The number of hydrogen-bond donors (Lipinski definition) is 0. The molecule has 0 heterocycles. The summed E-state index contributed by atoms with van der Waals surface area (Å²) in [6.07, 6.45) is -1.14. The highest BCUT2D eigenvalue weighted by molar-refractivity contribution is 8.06. The lowest BCUT2D eigenvalue weighted by molar-refractivity contribution is 0.724. The molecule has 0 amide bonds. The minimum absolute atomic E-state index is 0.896. The third kappa shape index (κ3) is 3.52. The van der Waals surface area contributed by atoms with Gasteiger partial charge in [0.15, 0.2) is 0 Å². The molecule has 20 heavy (non-hydrogen) atoms. The van der Waals surface area contributed by atoms with Gasteiger partial charge in [-0.1, -0.05) is 91.9 Å². The summed E-state index contributed by atoms with van der Waals surface area (Å²) in [5, 5.41) is 0. The molecule has 0 unspecified atom stereocenters. The first-order valence-electron chi connectivity index (χ1n) is 8.42. The Labute approximate surface area is 134 Å². The SMILES string of the molecule is CC(C)C[Si](C)(C)[Si]([Si](C)(C)C)([Si](C)(C)C)[Si](C)(C)C. The second-order valence-corrected chi connectivity index (χ2v) is 65.7. The van der Waals surface area contributed by atoms with E-state index in [1.807, 2.05) is 0 Å². The maximum Gasteiger partial charge on any atom is 0.0346 e. The van der Waals surface area contributed by atoms with Crippen LogP contribution in [0.5, 0.6) is 0 Å². The second-order valence-electron chi connectivity index (χ2n) is 11.0. The van der Waals surface area contributed by atoms with Crippen molar-refractivity contribution in [2.24, 2.45) is 5.92 Å². The average Bonchev–Trinajstić information content (AvgIpc) is 1.87. The van der Waals surface area contributed by atoms with Gasteiger partial charge in [0.2, 0.25) is 0 Å². The van der Waals surface area contributed by atoms with Gasteiger partial charge in [-0.2, -0.15) is 0 Å². The maximum atomic E-state index is 2.81. The van der Waals surface area contributed by atoms with Crippen LogP contribution < -0.4 is 0 Å². The maximum absolute atomic E-state index is 2.81. The van der Waals surface area contributed by atoms with Crippen molar-refractivity contribution < 1.29 is 0 Å². The lowest BCUT2D eigenvalue weighted by Crippen LogP contribution is -2.92. The highest BCUT2D eigenvalue weighted by atomic mass is 30.2. The van der Waals surface area contributed by atoms with E-state index in [9.17, 15) is 0 Å². The van der Waals surface area contributed by atoms with Crippen LogP contribution in [0.1, 0.15) is 13.8 Å². The van der Waals surface area contributed by atoms with E-state index >= 15 is 0 Å². The molecule has 0 saturated heterocycles. The summed E-state index contributed by atoms with van der Waals surface area (Å²) in [4.78, 5) is 0. The van der Waals surface area contributed by atoms with Gasteiger partial charge in [-0.05, 0) is 5.92 Å². The highest BCUT2D eigenvalue weighted by Gasteiger charge is 2.68. The first-order valence-corrected chi connectivity index (χ1v) is 28.1. The average molecular weight is 363 g/mol.